The van der Waals surface area contributed by atoms with E-state index in [2.05, 4.69) is 30.0 Å². The first-order valence-corrected chi connectivity index (χ1v) is 6.37. The molecule has 1 rings (SSSR count). The molecular formula is C13H13NO4Se. The number of methoxy groups -OCH3 is 1. The van der Waals surface area contributed by atoms with Crippen molar-refractivity contribution < 1.29 is 19.1 Å². The monoisotopic (exact) mass is 327 g/mol. The molecular weight excluding hydrogens is 313 g/mol. The van der Waals surface area contributed by atoms with Gasteiger partial charge in [-0.3, -0.25) is 0 Å². The van der Waals surface area contributed by atoms with Crippen molar-refractivity contribution >= 4 is 32.2 Å². The topological polar surface area (TPSA) is 65.0 Å². The number of benzene rings is 1. The second kappa shape index (κ2) is 8.38. The second-order valence-electron chi connectivity index (χ2n) is 3.61. The van der Waals surface area contributed by atoms with E-state index in [9.17, 15) is 9.59 Å². The van der Waals surface area contributed by atoms with Crippen LogP contribution in [0.1, 0.15) is 12.0 Å². The normalized spacial score (nSPS) is 11.0. The van der Waals surface area contributed by atoms with Gasteiger partial charge in [0.15, 0.2) is 0 Å². The number of nitrogens with zero attached hydrogens (tertiary/aromatic N) is 1. The van der Waals surface area contributed by atoms with Crippen molar-refractivity contribution in [2.45, 2.75) is 19.1 Å². The van der Waals surface area contributed by atoms with Crippen molar-refractivity contribution in [1.82, 2.24) is 0 Å². The van der Waals surface area contributed by atoms with E-state index in [1.807, 2.05) is 30.3 Å². The molecule has 0 saturated heterocycles. The minimum atomic E-state index is -0.922. The van der Waals surface area contributed by atoms with Crippen molar-refractivity contribution in [2.75, 3.05) is 7.11 Å². The van der Waals surface area contributed by atoms with Gasteiger partial charge in [0, 0.05) is 0 Å². The van der Waals surface area contributed by atoms with Gasteiger partial charge in [0.05, 0.1) is 0 Å². The number of rotatable bonds is 6. The number of hydrogen-bond donors (Lipinski definition) is 0. The quantitative estimate of drug-likeness (QED) is 0.439. The SMILES string of the molecule is COC(=O)[C@H](CC(=O)OCc1ccccc1)N=C=[Se]. The van der Waals surface area contributed by atoms with Crippen LogP contribution >= 0.6 is 0 Å². The van der Waals surface area contributed by atoms with Crippen molar-refractivity contribution in [3.05, 3.63) is 35.9 Å². The van der Waals surface area contributed by atoms with E-state index in [0.717, 1.165) is 5.56 Å². The van der Waals surface area contributed by atoms with Gasteiger partial charge >= 0.3 is 118 Å². The Bertz CT molecular complexity index is 483. The molecule has 5 nitrogen and oxygen atoms in total. The van der Waals surface area contributed by atoms with Crippen LogP contribution in [0.5, 0.6) is 0 Å². The third-order valence-corrected chi connectivity index (χ3v) is 2.51. The van der Waals surface area contributed by atoms with Crippen LogP contribution in [0.25, 0.3) is 0 Å². The molecule has 1 aromatic rings. The zero-order valence-corrected chi connectivity index (χ0v) is 12.1. The Balaban J connectivity index is 2.49. The summed E-state index contributed by atoms with van der Waals surface area (Å²) in [5.74, 6) is -1.11. The molecule has 0 heterocycles. The maximum atomic E-state index is 11.6. The first-order chi connectivity index (χ1) is 9.17. The zero-order valence-electron chi connectivity index (χ0n) is 10.4. The molecule has 0 saturated carbocycles. The Morgan fingerprint density at radius 3 is 2.63 bits per heavy atom. The van der Waals surface area contributed by atoms with Gasteiger partial charge in [0.1, 0.15) is 0 Å². The Hall–Kier alpha value is -1.74. The fourth-order valence-corrected chi connectivity index (χ4v) is 1.60. The molecule has 0 aliphatic carbocycles. The third kappa shape index (κ3) is 5.62. The van der Waals surface area contributed by atoms with Crippen LogP contribution in [0.3, 0.4) is 0 Å². The van der Waals surface area contributed by atoms with Gasteiger partial charge in [-0.1, -0.05) is 0 Å². The number of carbonyl (C=O) groups excluding carboxylic acids is 2. The summed E-state index contributed by atoms with van der Waals surface area (Å²) in [6.45, 7) is 0.166. The van der Waals surface area contributed by atoms with Crippen LogP contribution in [0.4, 0.5) is 0 Å². The van der Waals surface area contributed by atoms with Gasteiger partial charge in [0.25, 0.3) is 0 Å². The predicted molar refractivity (Wildman–Crippen MR) is 69.8 cm³/mol. The molecule has 0 bridgehead atoms. The van der Waals surface area contributed by atoms with E-state index < -0.39 is 18.0 Å². The Kier molecular flexibility index (Phi) is 6.75. The van der Waals surface area contributed by atoms with Crippen LogP contribution in [-0.2, 0) is 25.7 Å². The van der Waals surface area contributed by atoms with Crippen LogP contribution in [-0.4, -0.2) is 45.4 Å². The maximum absolute atomic E-state index is 11.6. The summed E-state index contributed by atoms with van der Waals surface area (Å²) in [6.07, 6.45) is -0.172. The van der Waals surface area contributed by atoms with Crippen LogP contribution < -0.4 is 0 Å². The van der Waals surface area contributed by atoms with Gasteiger partial charge < -0.3 is 0 Å². The molecule has 0 fully saturated rings. The van der Waals surface area contributed by atoms with Crippen LogP contribution in [0, 0.1) is 0 Å². The van der Waals surface area contributed by atoms with Crippen LogP contribution in [0.2, 0.25) is 0 Å². The molecule has 0 spiro atoms. The molecule has 19 heavy (non-hydrogen) atoms. The molecule has 1 atom stereocenters. The zero-order chi connectivity index (χ0) is 14.1. The molecule has 0 aromatic heterocycles. The van der Waals surface area contributed by atoms with Gasteiger partial charge in [-0.15, -0.1) is 0 Å². The van der Waals surface area contributed by atoms with E-state index in [4.69, 9.17) is 4.74 Å². The fraction of sp³-hybridized carbons (Fsp3) is 0.308. The number of aliphatic imine (C=N–C) groups is 1. The average Bonchev–Trinajstić information content (AvgIpc) is 2.45. The standard InChI is InChI=1S/C13H13NO4Se/c1-17-13(16)11(14-9-19)7-12(15)18-8-10-5-3-2-4-6-10/h2-6,11H,7-8H2,1H3/t11-/m0/s1. The Morgan fingerprint density at radius 2 is 2.05 bits per heavy atom. The molecule has 0 aliphatic heterocycles. The minimum absolute atomic E-state index is 0.166. The number of carbonyl (C=O) groups is 2. The van der Waals surface area contributed by atoms with Crippen molar-refractivity contribution in [3.63, 3.8) is 0 Å². The summed E-state index contributed by atoms with van der Waals surface area (Å²) in [5, 5.41) is 0. The number of esters is 2. The summed E-state index contributed by atoms with van der Waals surface area (Å²) in [6, 6.07) is 8.35. The Labute approximate surface area is 119 Å². The molecule has 0 radical (unpaired) electrons. The average molecular weight is 326 g/mol. The van der Waals surface area contributed by atoms with Gasteiger partial charge in [-0.05, 0) is 0 Å². The first kappa shape index (κ1) is 15.3. The summed E-state index contributed by atoms with van der Waals surface area (Å²) in [5.41, 5.74) is 0.879. The summed E-state index contributed by atoms with van der Waals surface area (Å²) >= 11 is 2.41. The molecule has 1 aromatic carbocycles. The van der Waals surface area contributed by atoms with E-state index >= 15 is 0 Å². The summed E-state index contributed by atoms with van der Waals surface area (Å²) < 4.78 is 11.9. The number of ether oxygens (including phenoxy) is 2. The van der Waals surface area contributed by atoms with Crippen molar-refractivity contribution in [3.8, 4) is 0 Å². The number of hydrogen-bond acceptors (Lipinski definition) is 5. The summed E-state index contributed by atoms with van der Waals surface area (Å²) in [7, 11) is 1.24. The third-order valence-electron chi connectivity index (χ3n) is 2.28. The van der Waals surface area contributed by atoms with E-state index in [1.54, 1.807) is 0 Å². The van der Waals surface area contributed by atoms with Crippen molar-refractivity contribution in [1.29, 1.82) is 0 Å². The van der Waals surface area contributed by atoms with Gasteiger partial charge in [-0.2, -0.15) is 0 Å². The molecule has 0 unspecified atom stereocenters. The molecule has 0 amide bonds. The van der Waals surface area contributed by atoms with E-state index in [1.165, 1.54) is 7.11 Å². The molecule has 6 heteroatoms. The summed E-state index contributed by atoms with van der Waals surface area (Å²) in [4.78, 5) is 26.6. The van der Waals surface area contributed by atoms with Gasteiger partial charge in [0.2, 0.25) is 0 Å². The molecule has 100 valence electrons. The van der Waals surface area contributed by atoms with Gasteiger partial charge in [-0.25, -0.2) is 0 Å². The first-order valence-electron chi connectivity index (χ1n) is 5.51. The molecule has 0 aliphatic rings. The van der Waals surface area contributed by atoms with Crippen LogP contribution in [0.15, 0.2) is 35.3 Å². The predicted octanol–water partition coefficient (Wildman–Crippen LogP) is 0.735. The van der Waals surface area contributed by atoms with E-state index in [-0.39, 0.29) is 13.0 Å². The second-order valence-corrected chi connectivity index (χ2v) is 3.99. The Morgan fingerprint density at radius 1 is 1.37 bits per heavy atom. The molecule has 0 N–H and O–H groups in total. The van der Waals surface area contributed by atoms with Crippen molar-refractivity contribution in [2.24, 2.45) is 4.99 Å². The van der Waals surface area contributed by atoms with E-state index in [0.29, 0.717) is 0 Å². The fourth-order valence-electron chi connectivity index (χ4n) is 1.34.